The number of piperidine rings is 1. The molecule has 11 nitrogen and oxygen atoms in total. The molecule has 2 aromatic heterocycles. The first-order valence-electron chi connectivity index (χ1n) is 14.7. The average Bonchev–Trinajstić information content (AvgIpc) is 3.57. The molecule has 43 heavy (non-hydrogen) atoms. The summed E-state index contributed by atoms with van der Waals surface area (Å²) in [4.78, 5) is 29.6. The van der Waals surface area contributed by atoms with Gasteiger partial charge in [0.2, 0.25) is 0 Å². The fourth-order valence-corrected chi connectivity index (χ4v) is 5.99. The lowest BCUT2D eigenvalue weighted by molar-refractivity contribution is 0.0204. The second kappa shape index (κ2) is 10.6. The molecular formula is C31H38FN5O6. The Morgan fingerprint density at radius 1 is 0.930 bits per heavy atom. The average molecular weight is 596 g/mol. The lowest BCUT2D eigenvalue weighted by Crippen LogP contribution is -2.41. The number of fused-ring (bicyclic) bond motifs is 3. The molecule has 0 saturated carbocycles. The zero-order valence-corrected chi connectivity index (χ0v) is 25.5. The quantitative estimate of drug-likeness (QED) is 0.348. The molecule has 12 heteroatoms. The Hall–Kier alpha value is -4.09. The third-order valence-corrected chi connectivity index (χ3v) is 7.86. The van der Waals surface area contributed by atoms with Gasteiger partial charge in [-0.1, -0.05) is 0 Å². The van der Waals surface area contributed by atoms with Crippen LogP contribution in [0.25, 0.3) is 5.65 Å². The molecule has 1 atom stereocenters. The molecule has 1 fully saturated rings. The van der Waals surface area contributed by atoms with E-state index >= 15 is 4.39 Å². The van der Waals surface area contributed by atoms with Crippen molar-refractivity contribution in [2.24, 2.45) is 0 Å². The summed E-state index contributed by atoms with van der Waals surface area (Å²) in [5.41, 5.74) is 1.16. The Morgan fingerprint density at radius 3 is 2.26 bits per heavy atom. The van der Waals surface area contributed by atoms with Crippen molar-refractivity contribution in [1.82, 2.24) is 19.5 Å². The van der Waals surface area contributed by atoms with Gasteiger partial charge in [-0.25, -0.2) is 14.0 Å². The van der Waals surface area contributed by atoms with Gasteiger partial charge in [0.15, 0.2) is 17.2 Å². The van der Waals surface area contributed by atoms with Gasteiger partial charge in [-0.2, -0.15) is 0 Å². The molecule has 3 aliphatic rings. The standard InChI is InChI=1S/C31H38FN5O6/c1-30(2,3)42-28(38)35-11-9-18(10-12-35)20-13-24-27(37-17-33-34-26(20)37)36(29(39)43-31(4,5)6)14-21-22(32)7-8-23-25(21)19(15-40-23)16-41-24/h7-8,13,17-19H,9-12,14-16H2,1-6H3/t19-/m1/s1. The first-order chi connectivity index (χ1) is 20.3. The van der Waals surface area contributed by atoms with Gasteiger partial charge in [-0.15, -0.1) is 10.2 Å². The Bertz CT molecular complexity index is 1570. The second-order valence-corrected chi connectivity index (χ2v) is 13.4. The van der Waals surface area contributed by atoms with Crippen molar-refractivity contribution in [2.75, 3.05) is 31.2 Å². The molecule has 3 aromatic rings. The zero-order valence-electron chi connectivity index (χ0n) is 25.5. The summed E-state index contributed by atoms with van der Waals surface area (Å²) < 4.78 is 40.9. The molecule has 0 aliphatic carbocycles. The number of hydrogen-bond acceptors (Lipinski definition) is 8. The van der Waals surface area contributed by atoms with E-state index in [9.17, 15) is 9.59 Å². The van der Waals surface area contributed by atoms with E-state index in [0.29, 0.717) is 66.6 Å². The minimum Gasteiger partial charge on any atom is -0.493 e. The van der Waals surface area contributed by atoms with E-state index in [1.54, 1.807) is 36.1 Å². The molecule has 0 unspecified atom stereocenters. The van der Waals surface area contributed by atoms with Gasteiger partial charge in [0, 0.05) is 29.8 Å². The van der Waals surface area contributed by atoms with Crippen LogP contribution in [0.1, 0.15) is 82.9 Å². The number of amides is 2. The highest BCUT2D eigenvalue weighted by Crippen LogP contribution is 2.44. The molecule has 0 radical (unpaired) electrons. The van der Waals surface area contributed by atoms with Crippen molar-refractivity contribution >= 4 is 23.7 Å². The maximum atomic E-state index is 15.4. The molecule has 5 heterocycles. The number of aromatic nitrogens is 3. The fraction of sp³-hybridized carbons (Fsp3) is 0.548. The van der Waals surface area contributed by atoms with Crippen LogP contribution in [-0.4, -0.2) is 69.2 Å². The molecule has 0 spiro atoms. The van der Waals surface area contributed by atoms with Crippen molar-refractivity contribution in [3.8, 4) is 11.5 Å². The van der Waals surface area contributed by atoms with Gasteiger partial charge in [0.1, 0.15) is 29.1 Å². The number of benzene rings is 1. The van der Waals surface area contributed by atoms with E-state index in [1.165, 1.54) is 17.3 Å². The number of carbonyl (C=O) groups excluding carboxylic acids is 2. The smallest absolute Gasteiger partial charge is 0.416 e. The molecule has 0 bridgehead atoms. The van der Waals surface area contributed by atoms with Crippen LogP contribution in [0.5, 0.6) is 11.5 Å². The Morgan fingerprint density at radius 2 is 1.58 bits per heavy atom. The maximum absolute atomic E-state index is 15.4. The number of pyridine rings is 1. The van der Waals surface area contributed by atoms with E-state index in [-0.39, 0.29) is 31.1 Å². The predicted molar refractivity (Wildman–Crippen MR) is 155 cm³/mol. The summed E-state index contributed by atoms with van der Waals surface area (Å²) in [5, 5.41) is 8.63. The second-order valence-electron chi connectivity index (χ2n) is 13.4. The summed E-state index contributed by atoms with van der Waals surface area (Å²) in [6.45, 7) is 12.4. The van der Waals surface area contributed by atoms with Gasteiger partial charge in [0.05, 0.1) is 25.7 Å². The van der Waals surface area contributed by atoms with Gasteiger partial charge < -0.3 is 23.8 Å². The van der Waals surface area contributed by atoms with Crippen LogP contribution in [0.3, 0.4) is 0 Å². The van der Waals surface area contributed by atoms with Gasteiger partial charge in [0.25, 0.3) is 0 Å². The SMILES string of the molecule is CC(C)(C)OC(=O)N1CCC(c2cc3c(n4cnnc24)N(C(=O)OC(C)(C)C)Cc2c(F)ccc4c2[C@H](CO4)CO3)CC1. The molecule has 0 N–H and O–H groups in total. The Kier molecular flexibility index (Phi) is 7.13. The summed E-state index contributed by atoms with van der Waals surface area (Å²) in [7, 11) is 0. The highest BCUT2D eigenvalue weighted by Gasteiger charge is 2.38. The molecule has 1 aromatic carbocycles. The largest absolute Gasteiger partial charge is 0.493 e. The number of anilines is 1. The number of rotatable bonds is 1. The lowest BCUT2D eigenvalue weighted by Gasteiger charge is -2.34. The van der Waals surface area contributed by atoms with Crippen LogP contribution in [0, 0.1) is 5.82 Å². The Labute approximate surface area is 249 Å². The molecule has 230 valence electrons. The summed E-state index contributed by atoms with van der Waals surface area (Å²) in [6, 6.07) is 4.90. The molecular weight excluding hydrogens is 557 g/mol. The van der Waals surface area contributed by atoms with Crippen molar-refractivity contribution in [1.29, 1.82) is 0 Å². The van der Waals surface area contributed by atoms with Crippen molar-refractivity contribution in [2.45, 2.75) is 84.0 Å². The van der Waals surface area contributed by atoms with Gasteiger partial charge in [-0.05, 0) is 78.5 Å². The molecule has 3 aliphatic heterocycles. The monoisotopic (exact) mass is 595 g/mol. The summed E-state index contributed by atoms with van der Waals surface area (Å²) in [5.74, 6) is 0.792. The van der Waals surface area contributed by atoms with Gasteiger partial charge in [-0.3, -0.25) is 9.30 Å². The van der Waals surface area contributed by atoms with Crippen LogP contribution in [0.15, 0.2) is 24.5 Å². The van der Waals surface area contributed by atoms with E-state index in [0.717, 1.165) is 5.56 Å². The first-order valence-corrected chi connectivity index (χ1v) is 14.7. The third kappa shape index (κ3) is 5.66. The van der Waals surface area contributed by atoms with Crippen LogP contribution < -0.4 is 14.4 Å². The zero-order chi connectivity index (χ0) is 30.7. The summed E-state index contributed by atoms with van der Waals surface area (Å²) >= 11 is 0. The number of nitrogens with zero attached hydrogens (tertiary/aromatic N) is 5. The topological polar surface area (TPSA) is 108 Å². The van der Waals surface area contributed by atoms with Crippen LogP contribution in [0.2, 0.25) is 0 Å². The number of carbonyl (C=O) groups is 2. The van der Waals surface area contributed by atoms with Crippen molar-refractivity contribution < 1.29 is 32.9 Å². The molecule has 6 rings (SSSR count). The first kappa shape index (κ1) is 29.0. The number of hydrogen-bond donors (Lipinski definition) is 0. The van der Waals surface area contributed by atoms with E-state index in [1.807, 2.05) is 26.8 Å². The molecule has 2 amide bonds. The fourth-order valence-electron chi connectivity index (χ4n) is 5.99. The third-order valence-electron chi connectivity index (χ3n) is 7.86. The lowest BCUT2D eigenvalue weighted by atomic mass is 9.90. The Balaban J connectivity index is 1.41. The van der Waals surface area contributed by atoms with Gasteiger partial charge >= 0.3 is 12.2 Å². The predicted octanol–water partition coefficient (Wildman–Crippen LogP) is 5.79. The number of halogens is 1. The van der Waals surface area contributed by atoms with Crippen LogP contribution in [0.4, 0.5) is 19.8 Å². The van der Waals surface area contributed by atoms with E-state index in [2.05, 4.69) is 10.2 Å². The molecule has 1 saturated heterocycles. The van der Waals surface area contributed by atoms with Crippen LogP contribution in [-0.2, 0) is 16.0 Å². The summed E-state index contributed by atoms with van der Waals surface area (Å²) in [6.07, 6.45) is 1.93. The minimum absolute atomic E-state index is 0.0537. The van der Waals surface area contributed by atoms with E-state index < -0.39 is 23.1 Å². The maximum Gasteiger partial charge on any atom is 0.416 e. The minimum atomic E-state index is -0.798. The normalized spacial score (nSPS) is 19.0. The van der Waals surface area contributed by atoms with Crippen LogP contribution >= 0.6 is 0 Å². The van der Waals surface area contributed by atoms with Crippen molar-refractivity contribution in [3.63, 3.8) is 0 Å². The number of likely N-dealkylation sites (tertiary alicyclic amines) is 1. The highest BCUT2D eigenvalue weighted by molar-refractivity contribution is 5.90. The van der Waals surface area contributed by atoms with Crippen molar-refractivity contribution in [3.05, 3.63) is 47.0 Å². The van der Waals surface area contributed by atoms with E-state index in [4.69, 9.17) is 18.9 Å². The highest BCUT2D eigenvalue weighted by atomic mass is 19.1. The number of ether oxygens (including phenoxy) is 4.